The van der Waals surface area contributed by atoms with E-state index < -0.39 is 0 Å². The van der Waals surface area contributed by atoms with Crippen LogP contribution in [0, 0.1) is 0 Å². The Bertz CT molecular complexity index is 594. The Balaban J connectivity index is 1.70. The molecule has 0 bridgehead atoms. The Morgan fingerprint density at radius 1 is 1.14 bits per heavy atom. The molecule has 1 saturated heterocycles. The van der Waals surface area contributed by atoms with E-state index in [1.807, 2.05) is 30.3 Å². The smallest absolute Gasteiger partial charge is 0.221 e. The molecule has 0 spiro atoms. The first-order chi connectivity index (χ1) is 10.4. The lowest BCUT2D eigenvalue weighted by Gasteiger charge is -2.26. The van der Waals surface area contributed by atoms with E-state index in [0.717, 1.165) is 17.3 Å². The molecule has 1 aromatic heterocycles. The molecule has 2 aromatic rings. The van der Waals surface area contributed by atoms with Gasteiger partial charge in [-0.2, -0.15) is 0 Å². The number of rotatable bonds is 5. The molecule has 0 saturated carbocycles. The number of likely N-dealkylation sites (tertiary alicyclic amines) is 1. The van der Waals surface area contributed by atoms with Gasteiger partial charge in [0.1, 0.15) is 6.61 Å². The Hall–Kier alpha value is -1.65. The van der Waals surface area contributed by atoms with E-state index in [1.165, 1.54) is 32.4 Å². The van der Waals surface area contributed by atoms with Crippen molar-refractivity contribution < 1.29 is 9.84 Å². The summed E-state index contributed by atoms with van der Waals surface area (Å²) in [5.74, 6) is 0.633. The zero-order valence-corrected chi connectivity index (χ0v) is 12.3. The quantitative estimate of drug-likeness (QED) is 0.917. The minimum Gasteiger partial charge on any atom is -0.476 e. The molecular weight excluding hydrogens is 264 g/mol. The molecule has 4 heteroatoms. The van der Waals surface area contributed by atoms with Crippen LogP contribution in [-0.4, -0.2) is 41.2 Å². The predicted octanol–water partition coefficient (Wildman–Crippen LogP) is 2.59. The standard InChI is InChI=1S/C17H22N2O2/c20-13-15-12-14-6-2-3-7-16(14)17(18-15)21-11-10-19-8-4-1-5-9-19/h2-3,6-7,12,20H,1,4-5,8-11,13H2. The second kappa shape index (κ2) is 6.87. The summed E-state index contributed by atoms with van der Waals surface area (Å²) in [6, 6.07) is 9.92. The summed E-state index contributed by atoms with van der Waals surface area (Å²) in [6.45, 7) is 3.88. The molecule has 4 nitrogen and oxygen atoms in total. The summed E-state index contributed by atoms with van der Waals surface area (Å²) in [7, 11) is 0. The number of pyridine rings is 1. The van der Waals surface area contributed by atoms with Gasteiger partial charge < -0.3 is 9.84 Å². The molecule has 1 N–H and O–H groups in total. The average Bonchev–Trinajstić information content (AvgIpc) is 2.55. The van der Waals surface area contributed by atoms with Crippen LogP contribution < -0.4 is 4.74 Å². The van der Waals surface area contributed by atoms with Gasteiger partial charge in [0.2, 0.25) is 5.88 Å². The van der Waals surface area contributed by atoms with Crippen molar-refractivity contribution in [2.45, 2.75) is 25.9 Å². The average molecular weight is 286 g/mol. The van der Waals surface area contributed by atoms with Crippen LogP contribution in [0.2, 0.25) is 0 Å². The Labute approximate surface area is 125 Å². The number of fused-ring (bicyclic) bond motifs is 1. The zero-order valence-electron chi connectivity index (χ0n) is 12.3. The Morgan fingerprint density at radius 3 is 2.76 bits per heavy atom. The molecule has 1 aromatic carbocycles. The van der Waals surface area contributed by atoms with Gasteiger partial charge in [-0.25, -0.2) is 4.98 Å². The lowest BCUT2D eigenvalue weighted by atomic mass is 10.1. The summed E-state index contributed by atoms with van der Waals surface area (Å²) in [5, 5.41) is 11.4. The van der Waals surface area contributed by atoms with E-state index in [-0.39, 0.29) is 6.61 Å². The van der Waals surface area contributed by atoms with Crippen molar-refractivity contribution in [1.29, 1.82) is 0 Å². The van der Waals surface area contributed by atoms with Gasteiger partial charge in [-0.05, 0) is 43.5 Å². The first-order valence-corrected chi connectivity index (χ1v) is 7.71. The molecule has 0 amide bonds. The summed E-state index contributed by atoms with van der Waals surface area (Å²) in [5.41, 5.74) is 0.654. The van der Waals surface area contributed by atoms with Crippen molar-refractivity contribution >= 4 is 10.8 Å². The fraction of sp³-hybridized carbons (Fsp3) is 0.471. The van der Waals surface area contributed by atoms with Crippen LogP contribution in [0.25, 0.3) is 10.8 Å². The van der Waals surface area contributed by atoms with Crippen LogP contribution in [0.15, 0.2) is 30.3 Å². The number of aromatic nitrogens is 1. The number of hydrogen-bond acceptors (Lipinski definition) is 4. The molecule has 3 rings (SSSR count). The third-order valence-corrected chi connectivity index (χ3v) is 4.02. The minimum atomic E-state index is -0.0622. The van der Waals surface area contributed by atoms with Gasteiger partial charge in [0.25, 0.3) is 0 Å². The van der Waals surface area contributed by atoms with E-state index >= 15 is 0 Å². The molecule has 2 heterocycles. The van der Waals surface area contributed by atoms with Crippen molar-refractivity contribution in [2.24, 2.45) is 0 Å². The topological polar surface area (TPSA) is 45.6 Å². The van der Waals surface area contributed by atoms with E-state index in [0.29, 0.717) is 18.2 Å². The number of aliphatic hydroxyl groups excluding tert-OH is 1. The highest BCUT2D eigenvalue weighted by Crippen LogP contribution is 2.24. The summed E-state index contributed by atoms with van der Waals surface area (Å²) in [6.07, 6.45) is 3.93. The zero-order chi connectivity index (χ0) is 14.5. The lowest BCUT2D eigenvalue weighted by molar-refractivity contribution is 0.181. The van der Waals surface area contributed by atoms with Gasteiger partial charge in [-0.3, -0.25) is 4.90 Å². The maximum absolute atomic E-state index is 9.32. The van der Waals surface area contributed by atoms with Gasteiger partial charge >= 0.3 is 0 Å². The third-order valence-electron chi connectivity index (χ3n) is 4.02. The molecule has 0 radical (unpaired) electrons. The number of benzene rings is 1. The first kappa shape index (κ1) is 14.3. The van der Waals surface area contributed by atoms with Crippen LogP contribution in [0.3, 0.4) is 0 Å². The van der Waals surface area contributed by atoms with Crippen molar-refractivity contribution in [3.8, 4) is 5.88 Å². The highest BCUT2D eigenvalue weighted by Gasteiger charge is 2.11. The van der Waals surface area contributed by atoms with Gasteiger partial charge in [0.05, 0.1) is 12.3 Å². The van der Waals surface area contributed by atoms with Gasteiger partial charge in [0.15, 0.2) is 0 Å². The number of piperidine rings is 1. The Morgan fingerprint density at radius 2 is 1.95 bits per heavy atom. The SMILES string of the molecule is OCc1cc2ccccc2c(OCCN2CCCCC2)n1. The number of ether oxygens (including phenoxy) is 1. The first-order valence-electron chi connectivity index (χ1n) is 7.71. The van der Waals surface area contributed by atoms with Crippen molar-refractivity contribution in [1.82, 2.24) is 9.88 Å². The second-order valence-corrected chi connectivity index (χ2v) is 5.55. The van der Waals surface area contributed by atoms with E-state index in [4.69, 9.17) is 4.74 Å². The number of nitrogens with zero attached hydrogens (tertiary/aromatic N) is 2. The normalized spacial score (nSPS) is 16.2. The molecule has 21 heavy (non-hydrogen) atoms. The van der Waals surface area contributed by atoms with Gasteiger partial charge in [0, 0.05) is 11.9 Å². The molecule has 1 aliphatic heterocycles. The summed E-state index contributed by atoms with van der Waals surface area (Å²) < 4.78 is 5.90. The monoisotopic (exact) mass is 286 g/mol. The van der Waals surface area contributed by atoms with Gasteiger partial charge in [-0.1, -0.05) is 24.6 Å². The maximum Gasteiger partial charge on any atom is 0.221 e. The predicted molar refractivity (Wildman–Crippen MR) is 83.5 cm³/mol. The largest absolute Gasteiger partial charge is 0.476 e. The van der Waals surface area contributed by atoms with Crippen molar-refractivity contribution in [2.75, 3.05) is 26.2 Å². The third kappa shape index (κ3) is 3.52. The fourth-order valence-electron chi connectivity index (χ4n) is 2.87. The maximum atomic E-state index is 9.32. The van der Waals surface area contributed by atoms with E-state index in [9.17, 15) is 5.11 Å². The second-order valence-electron chi connectivity index (χ2n) is 5.55. The van der Waals surface area contributed by atoms with Crippen LogP contribution >= 0.6 is 0 Å². The molecule has 112 valence electrons. The summed E-state index contributed by atoms with van der Waals surface area (Å²) in [4.78, 5) is 6.86. The highest BCUT2D eigenvalue weighted by atomic mass is 16.5. The molecule has 0 unspecified atom stereocenters. The minimum absolute atomic E-state index is 0.0622. The van der Waals surface area contributed by atoms with Gasteiger partial charge in [-0.15, -0.1) is 0 Å². The van der Waals surface area contributed by atoms with E-state index in [2.05, 4.69) is 9.88 Å². The summed E-state index contributed by atoms with van der Waals surface area (Å²) >= 11 is 0. The van der Waals surface area contributed by atoms with Crippen LogP contribution in [0.4, 0.5) is 0 Å². The van der Waals surface area contributed by atoms with E-state index in [1.54, 1.807) is 0 Å². The fourth-order valence-corrected chi connectivity index (χ4v) is 2.87. The van der Waals surface area contributed by atoms with Crippen molar-refractivity contribution in [3.05, 3.63) is 36.0 Å². The van der Waals surface area contributed by atoms with Crippen LogP contribution in [0.1, 0.15) is 25.0 Å². The Kier molecular flexibility index (Phi) is 4.68. The van der Waals surface area contributed by atoms with Crippen molar-refractivity contribution in [3.63, 3.8) is 0 Å². The van der Waals surface area contributed by atoms with Crippen LogP contribution in [-0.2, 0) is 6.61 Å². The molecule has 1 aliphatic rings. The highest BCUT2D eigenvalue weighted by molar-refractivity contribution is 5.87. The molecular formula is C17H22N2O2. The number of aliphatic hydroxyl groups is 1. The molecule has 0 atom stereocenters. The molecule has 1 fully saturated rings. The number of hydrogen-bond donors (Lipinski definition) is 1. The lowest BCUT2D eigenvalue weighted by Crippen LogP contribution is -2.33. The van der Waals surface area contributed by atoms with Crippen LogP contribution in [0.5, 0.6) is 5.88 Å². The molecule has 0 aliphatic carbocycles.